The van der Waals surface area contributed by atoms with E-state index in [0.29, 0.717) is 0 Å². The standard InChI is InChI=1S/C24H30N4O/c1-5-27-20-10-7-6-9-19(20)26-22(27)21-11-8-16-28(21)23(29)25-18-14-12-17(13-15-18)24(2,3)4/h6-7,9-10,12-15,21H,5,8,11,16H2,1-4H3,(H,25,29). The van der Waals surface area contributed by atoms with Crippen molar-refractivity contribution in [2.75, 3.05) is 11.9 Å². The average molecular weight is 391 g/mol. The van der Waals surface area contributed by atoms with Crippen molar-refractivity contribution in [3.05, 3.63) is 59.9 Å². The number of hydrogen-bond donors (Lipinski definition) is 1. The number of fused-ring (bicyclic) bond motifs is 1. The molecule has 0 radical (unpaired) electrons. The fourth-order valence-corrected chi connectivity index (χ4v) is 4.21. The van der Waals surface area contributed by atoms with Crippen LogP contribution in [-0.4, -0.2) is 27.0 Å². The molecule has 0 aliphatic carbocycles. The molecule has 2 amide bonds. The molecule has 3 aromatic rings. The number of carbonyl (C=O) groups excluding carboxylic acids is 1. The Morgan fingerprint density at radius 3 is 2.55 bits per heavy atom. The predicted octanol–water partition coefficient (Wildman–Crippen LogP) is 5.72. The molecule has 1 fully saturated rings. The highest BCUT2D eigenvalue weighted by Gasteiger charge is 2.33. The molecule has 0 saturated carbocycles. The van der Waals surface area contributed by atoms with Gasteiger partial charge in [0, 0.05) is 18.8 Å². The number of carbonyl (C=O) groups is 1. The lowest BCUT2D eigenvalue weighted by Gasteiger charge is -2.25. The van der Waals surface area contributed by atoms with E-state index in [4.69, 9.17) is 4.98 Å². The van der Waals surface area contributed by atoms with Crippen LogP contribution in [0.3, 0.4) is 0 Å². The summed E-state index contributed by atoms with van der Waals surface area (Å²) in [6.07, 6.45) is 1.94. The topological polar surface area (TPSA) is 50.2 Å². The van der Waals surface area contributed by atoms with E-state index in [0.717, 1.165) is 48.5 Å². The zero-order valence-electron chi connectivity index (χ0n) is 17.8. The van der Waals surface area contributed by atoms with Crippen LogP contribution in [0.5, 0.6) is 0 Å². The number of anilines is 1. The molecule has 1 atom stereocenters. The van der Waals surface area contributed by atoms with E-state index in [-0.39, 0.29) is 17.5 Å². The highest BCUT2D eigenvalue weighted by atomic mass is 16.2. The second kappa shape index (κ2) is 7.54. The van der Waals surface area contributed by atoms with Gasteiger partial charge in [-0.3, -0.25) is 0 Å². The van der Waals surface area contributed by atoms with Gasteiger partial charge in [0.2, 0.25) is 0 Å². The maximum absolute atomic E-state index is 13.1. The van der Waals surface area contributed by atoms with Gasteiger partial charge < -0.3 is 14.8 Å². The molecule has 5 heteroatoms. The number of aryl methyl sites for hydroxylation is 1. The van der Waals surface area contributed by atoms with Gasteiger partial charge in [-0.1, -0.05) is 45.0 Å². The lowest BCUT2D eigenvalue weighted by molar-refractivity contribution is 0.204. The third kappa shape index (κ3) is 3.74. The minimum atomic E-state index is -0.0503. The number of aromatic nitrogens is 2. The summed E-state index contributed by atoms with van der Waals surface area (Å²) < 4.78 is 2.24. The molecule has 1 aromatic heterocycles. The fourth-order valence-electron chi connectivity index (χ4n) is 4.21. The van der Waals surface area contributed by atoms with Gasteiger partial charge in [0.15, 0.2) is 0 Å². The zero-order chi connectivity index (χ0) is 20.6. The summed E-state index contributed by atoms with van der Waals surface area (Å²) >= 11 is 0. The predicted molar refractivity (Wildman–Crippen MR) is 118 cm³/mol. The number of nitrogens with one attached hydrogen (secondary N) is 1. The number of rotatable bonds is 3. The molecule has 0 bridgehead atoms. The minimum Gasteiger partial charge on any atom is -0.327 e. The van der Waals surface area contributed by atoms with Gasteiger partial charge in [0.05, 0.1) is 17.1 Å². The SMILES string of the molecule is CCn1c(C2CCCN2C(=O)Nc2ccc(C(C)(C)C)cc2)nc2ccccc21. The Balaban J connectivity index is 1.56. The first-order chi connectivity index (χ1) is 13.9. The highest BCUT2D eigenvalue weighted by molar-refractivity contribution is 5.90. The Labute approximate surface area is 172 Å². The van der Waals surface area contributed by atoms with Crippen molar-refractivity contribution in [3.63, 3.8) is 0 Å². The highest BCUT2D eigenvalue weighted by Crippen LogP contribution is 2.34. The van der Waals surface area contributed by atoms with Crippen LogP contribution in [0, 0.1) is 0 Å². The van der Waals surface area contributed by atoms with Gasteiger partial charge >= 0.3 is 6.03 Å². The maximum atomic E-state index is 13.1. The molecule has 0 spiro atoms. The number of imidazole rings is 1. The van der Waals surface area contributed by atoms with Crippen LogP contribution in [0.2, 0.25) is 0 Å². The van der Waals surface area contributed by atoms with E-state index in [1.165, 1.54) is 5.56 Å². The van der Waals surface area contributed by atoms with E-state index in [9.17, 15) is 4.79 Å². The Kier molecular flexibility index (Phi) is 5.07. The normalized spacial score (nSPS) is 17.1. The van der Waals surface area contributed by atoms with Crippen molar-refractivity contribution in [2.45, 2.75) is 58.5 Å². The summed E-state index contributed by atoms with van der Waals surface area (Å²) in [7, 11) is 0. The summed E-state index contributed by atoms with van der Waals surface area (Å²) in [5.74, 6) is 0.990. The van der Waals surface area contributed by atoms with Crippen molar-refractivity contribution in [1.29, 1.82) is 0 Å². The first kappa shape index (κ1) is 19.5. The van der Waals surface area contributed by atoms with Gasteiger partial charge in [0.25, 0.3) is 0 Å². The summed E-state index contributed by atoms with van der Waals surface area (Å²) in [5.41, 5.74) is 4.32. The monoisotopic (exact) mass is 390 g/mol. The van der Waals surface area contributed by atoms with Gasteiger partial charge in [-0.25, -0.2) is 9.78 Å². The number of hydrogen-bond acceptors (Lipinski definition) is 2. The van der Waals surface area contributed by atoms with E-state index in [2.05, 4.69) is 55.8 Å². The molecule has 1 aliphatic heterocycles. The number of amides is 2. The lowest BCUT2D eigenvalue weighted by Crippen LogP contribution is -2.35. The molecule has 2 aromatic carbocycles. The Bertz CT molecular complexity index is 1010. The second-order valence-corrected chi connectivity index (χ2v) is 8.81. The number of likely N-dealkylation sites (tertiary alicyclic amines) is 1. The van der Waals surface area contributed by atoms with Crippen molar-refractivity contribution >= 4 is 22.8 Å². The second-order valence-electron chi connectivity index (χ2n) is 8.81. The van der Waals surface area contributed by atoms with Crippen LogP contribution in [0.25, 0.3) is 11.0 Å². The number of benzene rings is 2. The van der Waals surface area contributed by atoms with Crippen LogP contribution in [0.1, 0.15) is 58.0 Å². The van der Waals surface area contributed by atoms with Crippen LogP contribution < -0.4 is 5.32 Å². The van der Waals surface area contributed by atoms with Gasteiger partial charge in [-0.2, -0.15) is 0 Å². The Morgan fingerprint density at radius 1 is 1.14 bits per heavy atom. The fraction of sp³-hybridized carbons (Fsp3) is 0.417. The number of para-hydroxylation sites is 2. The maximum Gasteiger partial charge on any atom is 0.322 e. The first-order valence-corrected chi connectivity index (χ1v) is 10.5. The van der Waals surface area contributed by atoms with Gasteiger partial charge in [-0.05, 0) is 55.0 Å². The molecule has 1 saturated heterocycles. The largest absolute Gasteiger partial charge is 0.327 e. The van der Waals surface area contributed by atoms with Gasteiger partial charge in [0.1, 0.15) is 5.82 Å². The Morgan fingerprint density at radius 2 is 1.86 bits per heavy atom. The molecule has 4 rings (SSSR count). The minimum absolute atomic E-state index is 0.0104. The van der Waals surface area contributed by atoms with E-state index >= 15 is 0 Å². The molecule has 152 valence electrons. The third-order valence-corrected chi connectivity index (χ3v) is 5.81. The molecule has 1 unspecified atom stereocenters. The summed E-state index contributed by atoms with van der Waals surface area (Å²) in [4.78, 5) is 19.9. The number of nitrogens with zero attached hydrogens (tertiary/aromatic N) is 3. The molecule has 2 heterocycles. The van der Waals surface area contributed by atoms with Crippen LogP contribution in [0.4, 0.5) is 10.5 Å². The summed E-state index contributed by atoms with van der Waals surface area (Å²) in [6.45, 7) is 10.3. The van der Waals surface area contributed by atoms with E-state index in [1.807, 2.05) is 35.2 Å². The molecule has 1 N–H and O–H groups in total. The van der Waals surface area contributed by atoms with Crippen LogP contribution in [-0.2, 0) is 12.0 Å². The van der Waals surface area contributed by atoms with Crippen molar-refractivity contribution < 1.29 is 4.79 Å². The molecule has 1 aliphatic rings. The van der Waals surface area contributed by atoms with Crippen molar-refractivity contribution in [2.24, 2.45) is 0 Å². The lowest BCUT2D eigenvalue weighted by atomic mass is 9.87. The zero-order valence-corrected chi connectivity index (χ0v) is 17.8. The molecule has 5 nitrogen and oxygen atoms in total. The van der Waals surface area contributed by atoms with E-state index in [1.54, 1.807) is 0 Å². The summed E-state index contributed by atoms with van der Waals surface area (Å²) in [6, 6.07) is 16.3. The average Bonchev–Trinajstić information content (AvgIpc) is 3.31. The van der Waals surface area contributed by atoms with Crippen LogP contribution in [0.15, 0.2) is 48.5 Å². The quantitative estimate of drug-likeness (QED) is 0.621. The van der Waals surface area contributed by atoms with E-state index < -0.39 is 0 Å². The van der Waals surface area contributed by atoms with Gasteiger partial charge in [-0.15, -0.1) is 0 Å². The van der Waals surface area contributed by atoms with Crippen molar-refractivity contribution in [1.82, 2.24) is 14.5 Å². The third-order valence-electron chi connectivity index (χ3n) is 5.81. The number of urea groups is 1. The van der Waals surface area contributed by atoms with Crippen molar-refractivity contribution in [3.8, 4) is 0 Å². The van der Waals surface area contributed by atoms with Crippen LogP contribution >= 0.6 is 0 Å². The summed E-state index contributed by atoms with van der Waals surface area (Å²) in [5, 5.41) is 3.08. The first-order valence-electron chi connectivity index (χ1n) is 10.5. The smallest absolute Gasteiger partial charge is 0.322 e. The molecular formula is C24H30N4O. The molecule has 29 heavy (non-hydrogen) atoms. The molecular weight excluding hydrogens is 360 g/mol. The Hall–Kier alpha value is -2.82.